The van der Waals surface area contributed by atoms with Crippen LogP contribution in [0.15, 0.2) is 47.8 Å². The molecule has 1 amide bonds. The van der Waals surface area contributed by atoms with Gasteiger partial charge in [0.05, 0.1) is 5.56 Å². The fourth-order valence-corrected chi connectivity index (χ4v) is 3.28. The van der Waals surface area contributed by atoms with Crippen LogP contribution in [-0.2, 0) is 12.7 Å². The van der Waals surface area contributed by atoms with Crippen LogP contribution in [-0.4, -0.2) is 34.7 Å². The van der Waals surface area contributed by atoms with Crippen molar-refractivity contribution in [2.24, 2.45) is 0 Å². The number of nitrogens with zero attached hydrogens (tertiary/aromatic N) is 3. The highest BCUT2D eigenvalue weighted by molar-refractivity contribution is 7.80. The van der Waals surface area contributed by atoms with E-state index in [9.17, 15) is 18.0 Å². The number of amides is 1. The van der Waals surface area contributed by atoms with Crippen molar-refractivity contribution in [2.45, 2.75) is 12.7 Å². The maximum Gasteiger partial charge on any atom is 0.416 e. The van der Waals surface area contributed by atoms with E-state index in [2.05, 4.69) is 25.5 Å². The standard InChI is InChI=1S/C20H19F3N6OS2/c1-29(2)16-8-12(7-13(9-16)20(21,22)23)10-24-19(31)26-15-5-3-14(4-6-15)25-18(30)17-11-32-28-27-17/h3-9,11H,10H2,1-2H3,(H,25,30)(H2,24,26,31). The number of halogens is 3. The number of nitrogens with one attached hydrogen (secondary N) is 3. The van der Waals surface area contributed by atoms with Crippen LogP contribution in [0.3, 0.4) is 0 Å². The van der Waals surface area contributed by atoms with Gasteiger partial charge in [0.1, 0.15) is 0 Å². The van der Waals surface area contributed by atoms with Crippen molar-refractivity contribution < 1.29 is 18.0 Å². The molecule has 3 aromatic rings. The van der Waals surface area contributed by atoms with Gasteiger partial charge in [-0.25, -0.2) is 0 Å². The Balaban J connectivity index is 1.58. The maximum absolute atomic E-state index is 13.2. The molecule has 0 spiro atoms. The normalized spacial score (nSPS) is 11.0. The van der Waals surface area contributed by atoms with Crippen LogP contribution < -0.4 is 20.9 Å². The van der Waals surface area contributed by atoms with E-state index in [0.29, 0.717) is 22.6 Å². The van der Waals surface area contributed by atoms with Crippen molar-refractivity contribution >= 4 is 51.8 Å². The molecule has 3 rings (SSSR count). The number of carbonyl (C=O) groups excluding carboxylic acids is 1. The number of rotatable bonds is 6. The van der Waals surface area contributed by atoms with Gasteiger partial charge in [0.2, 0.25) is 0 Å². The molecule has 0 aliphatic heterocycles. The third-order valence-electron chi connectivity index (χ3n) is 4.27. The number of alkyl halides is 3. The van der Waals surface area contributed by atoms with Crippen LogP contribution in [0.4, 0.5) is 30.2 Å². The Labute approximate surface area is 191 Å². The first-order chi connectivity index (χ1) is 15.1. The molecule has 2 aromatic carbocycles. The monoisotopic (exact) mass is 480 g/mol. The lowest BCUT2D eigenvalue weighted by atomic mass is 10.1. The average Bonchev–Trinajstić information content (AvgIpc) is 3.28. The summed E-state index contributed by atoms with van der Waals surface area (Å²) >= 11 is 6.33. The van der Waals surface area contributed by atoms with Crippen molar-refractivity contribution in [1.29, 1.82) is 0 Å². The summed E-state index contributed by atoms with van der Waals surface area (Å²) in [7, 11) is 3.36. The van der Waals surface area contributed by atoms with Gasteiger partial charge in [-0.15, -0.1) is 5.10 Å². The lowest BCUT2D eigenvalue weighted by Gasteiger charge is -2.18. The van der Waals surface area contributed by atoms with Crippen molar-refractivity contribution in [3.63, 3.8) is 0 Å². The molecular formula is C20H19F3N6OS2. The Morgan fingerprint density at radius 1 is 1.09 bits per heavy atom. The van der Waals surface area contributed by atoms with Crippen molar-refractivity contribution in [2.75, 3.05) is 29.6 Å². The summed E-state index contributed by atoms with van der Waals surface area (Å²) in [5.41, 5.74) is 1.62. The van der Waals surface area contributed by atoms with Gasteiger partial charge in [0, 0.05) is 43.1 Å². The van der Waals surface area contributed by atoms with E-state index in [4.69, 9.17) is 12.2 Å². The number of anilines is 3. The maximum atomic E-state index is 13.2. The Bertz CT molecular complexity index is 1090. The molecule has 0 atom stereocenters. The van der Waals surface area contributed by atoms with Gasteiger partial charge in [-0.3, -0.25) is 4.79 Å². The van der Waals surface area contributed by atoms with Crippen LogP contribution in [0.1, 0.15) is 21.6 Å². The van der Waals surface area contributed by atoms with Crippen LogP contribution >= 0.6 is 23.8 Å². The van der Waals surface area contributed by atoms with Crippen LogP contribution in [0, 0.1) is 0 Å². The minimum Gasteiger partial charge on any atom is -0.378 e. The zero-order valence-electron chi connectivity index (χ0n) is 17.0. The molecule has 0 radical (unpaired) electrons. The topological polar surface area (TPSA) is 82.2 Å². The summed E-state index contributed by atoms with van der Waals surface area (Å²) in [5.74, 6) is -0.366. The molecule has 1 heterocycles. The quantitative estimate of drug-likeness (QED) is 0.452. The van der Waals surface area contributed by atoms with Crippen LogP contribution in [0.25, 0.3) is 0 Å². The first-order valence-corrected chi connectivity index (χ1v) is 10.5. The summed E-state index contributed by atoms with van der Waals surface area (Å²) < 4.78 is 43.2. The zero-order chi connectivity index (χ0) is 23.3. The highest BCUT2D eigenvalue weighted by Crippen LogP contribution is 2.32. The fraction of sp³-hybridized carbons (Fsp3) is 0.200. The minimum absolute atomic E-state index is 0.117. The van der Waals surface area contributed by atoms with Gasteiger partial charge >= 0.3 is 6.18 Å². The second kappa shape index (κ2) is 9.92. The van der Waals surface area contributed by atoms with Crippen LogP contribution in [0.2, 0.25) is 0 Å². The first kappa shape index (κ1) is 23.4. The fourth-order valence-electron chi connectivity index (χ4n) is 2.65. The minimum atomic E-state index is -4.44. The third-order valence-corrected chi connectivity index (χ3v) is 5.02. The van der Waals surface area contributed by atoms with Crippen molar-refractivity contribution in [1.82, 2.24) is 14.9 Å². The summed E-state index contributed by atoms with van der Waals surface area (Å²) in [6, 6.07) is 10.6. The third kappa shape index (κ3) is 6.37. The molecule has 12 heteroatoms. The molecular weight excluding hydrogens is 461 g/mol. The summed E-state index contributed by atoms with van der Waals surface area (Å²) in [6.45, 7) is 0.117. The smallest absolute Gasteiger partial charge is 0.378 e. The van der Waals surface area contributed by atoms with Crippen molar-refractivity contribution in [3.05, 3.63) is 64.7 Å². The highest BCUT2D eigenvalue weighted by atomic mass is 32.1. The molecule has 0 saturated carbocycles. The number of hydrogen-bond donors (Lipinski definition) is 3. The van der Waals surface area contributed by atoms with E-state index in [1.165, 1.54) is 0 Å². The largest absolute Gasteiger partial charge is 0.416 e. The predicted octanol–water partition coefficient (Wildman–Crippen LogP) is 4.36. The number of carbonyl (C=O) groups is 1. The Morgan fingerprint density at radius 3 is 2.31 bits per heavy atom. The molecule has 3 N–H and O–H groups in total. The molecule has 7 nitrogen and oxygen atoms in total. The van der Waals surface area contributed by atoms with E-state index < -0.39 is 11.7 Å². The first-order valence-electron chi connectivity index (χ1n) is 9.23. The number of aromatic nitrogens is 2. The Hall–Kier alpha value is -3.25. The van der Waals surface area contributed by atoms with Gasteiger partial charge in [-0.05, 0) is 71.8 Å². The molecule has 32 heavy (non-hydrogen) atoms. The van der Waals surface area contributed by atoms with Crippen molar-refractivity contribution in [3.8, 4) is 0 Å². The van der Waals surface area contributed by atoms with E-state index in [1.807, 2.05) is 0 Å². The van der Waals surface area contributed by atoms with Gasteiger partial charge < -0.3 is 20.9 Å². The predicted molar refractivity (Wildman–Crippen MR) is 123 cm³/mol. The Kier molecular flexibility index (Phi) is 7.26. The SMILES string of the molecule is CN(C)c1cc(CNC(=S)Nc2ccc(NC(=O)c3csnn3)cc2)cc(C(F)(F)F)c1. The lowest BCUT2D eigenvalue weighted by Crippen LogP contribution is -2.28. The zero-order valence-corrected chi connectivity index (χ0v) is 18.7. The average molecular weight is 481 g/mol. The Morgan fingerprint density at radius 2 is 1.75 bits per heavy atom. The molecule has 168 valence electrons. The van der Waals surface area contributed by atoms with Gasteiger partial charge in [-0.1, -0.05) is 4.49 Å². The molecule has 0 bridgehead atoms. The van der Waals surface area contributed by atoms with Crippen LogP contribution in [0.5, 0.6) is 0 Å². The second-order valence-corrected chi connectivity index (χ2v) is 7.93. The van der Waals surface area contributed by atoms with Gasteiger partial charge in [0.15, 0.2) is 10.8 Å². The van der Waals surface area contributed by atoms with E-state index in [1.54, 1.807) is 54.7 Å². The van der Waals surface area contributed by atoms with Gasteiger partial charge in [0.25, 0.3) is 5.91 Å². The summed E-state index contributed by atoms with van der Waals surface area (Å²) in [5, 5.41) is 14.1. The number of hydrogen-bond acceptors (Lipinski definition) is 6. The molecule has 0 fully saturated rings. The molecule has 0 saturated heterocycles. The van der Waals surface area contributed by atoms with E-state index in [0.717, 1.165) is 23.7 Å². The van der Waals surface area contributed by atoms with E-state index >= 15 is 0 Å². The number of thiocarbonyl (C=S) groups is 1. The number of benzene rings is 2. The highest BCUT2D eigenvalue weighted by Gasteiger charge is 2.31. The second-order valence-electron chi connectivity index (χ2n) is 6.91. The molecule has 0 aliphatic carbocycles. The van der Waals surface area contributed by atoms with E-state index in [-0.39, 0.29) is 23.3 Å². The van der Waals surface area contributed by atoms with Gasteiger partial charge in [-0.2, -0.15) is 13.2 Å². The molecule has 0 unspecified atom stereocenters. The molecule has 1 aromatic heterocycles. The summed E-state index contributed by atoms with van der Waals surface area (Å²) in [4.78, 5) is 13.6. The molecule has 0 aliphatic rings. The lowest BCUT2D eigenvalue weighted by molar-refractivity contribution is -0.137. The summed E-state index contributed by atoms with van der Waals surface area (Å²) in [6.07, 6.45) is -4.44.